The van der Waals surface area contributed by atoms with E-state index in [1.165, 1.54) is 0 Å². The Bertz CT molecular complexity index is 845. The Labute approximate surface area is 152 Å². The molecule has 0 aliphatic carbocycles. The molecule has 2 aromatic heterocycles. The second kappa shape index (κ2) is 7.49. The third-order valence-corrected chi connectivity index (χ3v) is 3.91. The first-order valence-electron chi connectivity index (χ1n) is 8.11. The van der Waals surface area contributed by atoms with Gasteiger partial charge in [0.15, 0.2) is 0 Å². The SMILES string of the molecule is Cc1cccc(Cl)c1Nc1cc(-c2ccncc2)nc(NC(C)C)n1. The van der Waals surface area contributed by atoms with Gasteiger partial charge in [-0.2, -0.15) is 4.98 Å². The molecule has 0 saturated carbocycles. The van der Waals surface area contributed by atoms with E-state index in [9.17, 15) is 0 Å². The monoisotopic (exact) mass is 353 g/mol. The van der Waals surface area contributed by atoms with Crippen molar-refractivity contribution in [1.82, 2.24) is 15.0 Å². The van der Waals surface area contributed by atoms with Crippen molar-refractivity contribution in [1.29, 1.82) is 0 Å². The van der Waals surface area contributed by atoms with E-state index in [0.717, 1.165) is 22.5 Å². The fraction of sp³-hybridized carbons (Fsp3) is 0.211. The van der Waals surface area contributed by atoms with Crippen molar-refractivity contribution < 1.29 is 0 Å². The van der Waals surface area contributed by atoms with Gasteiger partial charge in [-0.15, -0.1) is 0 Å². The molecule has 0 bridgehead atoms. The molecular formula is C19H20ClN5. The fourth-order valence-corrected chi connectivity index (χ4v) is 2.69. The third-order valence-electron chi connectivity index (χ3n) is 3.60. The Morgan fingerprint density at radius 3 is 2.48 bits per heavy atom. The molecule has 25 heavy (non-hydrogen) atoms. The van der Waals surface area contributed by atoms with Crippen LogP contribution in [0.25, 0.3) is 11.3 Å². The van der Waals surface area contributed by atoms with Gasteiger partial charge < -0.3 is 10.6 Å². The summed E-state index contributed by atoms with van der Waals surface area (Å²) in [6.07, 6.45) is 3.50. The quantitative estimate of drug-likeness (QED) is 0.671. The van der Waals surface area contributed by atoms with Crippen LogP contribution >= 0.6 is 11.6 Å². The molecule has 0 fully saturated rings. The van der Waals surface area contributed by atoms with E-state index < -0.39 is 0 Å². The second-order valence-electron chi connectivity index (χ2n) is 6.05. The maximum Gasteiger partial charge on any atom is 0.225 e. The lowest BCUT2D eigenvalue weighted by atomic mass is 10.2. The van der Waals surface area contributed by atoms with Gasteiger partial charge in [-0.1, -0.05) is 23.7 Å². The lowest BCUT2D eigenvalue weighted by Gasteiger charge is -2.15. The van der Waals surface area contributed by atoms with E-state index >= 15 is 0 Å². The number of aromatic nitrogens is 3. The van der Waals surface area contributed by atoms with Gasteiger partial charge in [0.2, 0.25) is 5.95 Å². The highest BCUT2D eigenvalue weighted by atomic mass is 35.5. The molecule has 0 amide bonds. The molecule has 0 saturated heterocycles. The largest absolute Gasteiger partial charge is 0.352 e. The van der Waals surface area contributed by atoms with Crippen LogP contribution in [0.2, 0.25) is 5.02 Å². The van der Waals surface area contributed by atoms with Crippen LogP contribution in [0.15, 0.2) is 48.8 Å². The van der Waals surface area contributed by atoms with E-state index in [4.69, 9.17) is 11.6 Å². The molecule has 5 nitrogen and oxygen atoms in total. The predicted molar refractivity (Wildman–Crippen MR) is 103 cm³/mol. The molecule has 6 heteroatoms. The Morgan fingerprint density at radius 2 is 1.80 bits per heavy atom. The number of hydrogen-bond acceptors (Lipinski definition) is 5. The van der Waals surface area contributed by atoms with Crippen molar-refractivity contribution in [2.75, 3.05) is 10.6 Å². The van der Waals surface area contributed by atoms with E-state index in [-0.39, 0.29) is 6.04 Å². The molecule has 0 atom stereocenters. The van der Waals surface area contributed by atoms with Crippen molar-refractivity contribution >= 4 is 29.1 Å². The van der Waals surface area contributed by atoms with Gasteiger partial charge in [0, 0.05) is 30.1 Å². The highest BCUT2D eigenvalue weighted by Crippen LogP contribution is 2.30. The molecule has 0 unspecified atom stereocenters. The first-order chi connectivity index (χ1) is 12.0. The Morgan fingerprint density at radius 1 is 1.04 bits per heavy atom. The smallest absolute Gasteiger partial charge is 0.225 e. The van der Waals surface area contributed by atoms with Crippen LogP contribution in [0.5, 0.6) is 0 Å². The van der Waals surface area contributed by atoms with Crippen molar-refractivity contribution in [3.8, 4) is 11.3 Å². The minimum atomic E-state index is 0.225. The van der Waals surface area contributed by atoms with E-state index in [2.05, 4.69) is 25.6 Å². The first kappa shape index (κ1) is 17.2. The van der Waals surface area contributed by atoms with Crippen molar-refractivity contribution in [3.05, 3.63) is 59.4 Å². The maximum absolute atomic E-state index is 6.33. The number of nitrogens with one attached hydrogen (secondary N) is 2. The lowest BCUT2D eigenvalue weighted by molar-refractivity contribution is 0.876. The summed E-state index contributed by atoms with van der Waals surface area (Å²) < 4.78 is 0. The number of pyridine rings is 1. The summed E-state index contributed by atoms with van der Waals surface area (Å²) in [6.45, 7) is 6.11. The van der Waals surface area contributed by atoms with Crippen molar-refractivity contribution in [2.45, 2.75) is 26.8 Å². The zero-order valence-electron chi connectivity index (χ0n) is 14.4. The number of hydrogen-bond donors (Lipinski definition) is 2. The third kappa shape index (κ3) is 4.25. The summed E-state index contributed by atoms with van der Waals surface area (Å²) in [5, 5.41) is 7.24. The number of nitrogens with zero attached hydrogens (tertiary/aromatic N) is 3. The van der Waals surface area contributed by atoms with Crippen molar-refractivity contribution in [2.24, 2.45) is 0 Å². The number of rotatable bonds is 5. The highest BCUT2D eigenvalue weighted by molar-refractivity contribution is 6.33. The minimum absolute atomic E-state index is 0.225. The van der Waals surface area contributed by atoms with E-state index in [1.807, 2.05) is 57.2 Å². The van der Waals surface area contributed by atoms with Crippen molar-refractivity contribution in [3.63, 3.8) is 0 Å². The lowest BCUT2D eigenvalue weighted by Crippen LogP contribution is -2.13. The van der Waals surface area contributed by atoms with Gasteiger partial charge in [-0.05, 0) is 44.5 Å². The zero-order chi connectivity index (χ0) is 17.8. The predicted octanol–water partition coefficient (Wildman–Crippen LogP) is 5.06. The minimum Gasteiger partial charge on any atom is -0.352 e. The van der Waals surface area contributed by atoms with Gasteiger partial charge in [-0.3, -0.25) is 4.98 Å². The molecule has 3 rings (SSSR count). The topological polar surface area (TPSA) is 62.7 Å². The summed E-state index contributed by atoms with van der Waals surface area (Å²) in [7, 11) is 0. The number of aryl methyl sites for hydroxylation is 1. The fourth-order valence-electron chi connectivity index (χ4n) is 2.42. The number of halogens is 1. The molecule has 0 spiro atoms. The van der Waals surface area contributed by atoms with E-state index in [0.29, 0.717) is 16.8 Å². The van der Waals surface area contributed by atoms with Crippen LogP contribution in [0.4, 0.5) is 17.5 Å². The van der Waals surface area contributed by atoms with Crippen LogP contribution in [-0.2, 0) is 0 Å². The average molecular weight is 354 g/mol. The van der Waals surface area contributed by atoms with Crippen LogP contribution in [0.3, 0.4) is 0 Å². The highest BCUT2D eigenvalue weighted by Gasteiger charge is 2.10. The summed E-state index contributed by atoms with van der Waals surface area (Å²) in [5.41, 5.74) is 3.69. The summed E-state index contributed by atoms with van der Waals surface area (Å²) in [5.74, 6) is 1.25. The van der Waals surface area contributed by atoms with Gasteiger partial charge in [0.05, 0.1) is 16.4 Å². The van der Waals surface area contributed by atoms with Gasteiger partial charge in [0.25, 0.3) is 0 Å². The van der Waals surface area contributed by atoms with Crippen LogP contribution in [-0.4, -0.2) is 21.0 Å². The molecule has 0 aliphatic rings. The molecule has 2 heterocycles. The maximum atomic E-state index is 6.33. The van der Waals surface area contributed by atoms with E-state index in [1.54, 1.807) is 12.4 Å². The first-order valence-corrected chi connectivity index (χ1v) is 8.49. The molecule has 0 aliphatic heterocycles. The molecule has 2 N–H and O–H groups in total. The van der Waals surface area contributed by atoms with Crippen LogP contribution in [0, 0.1) is 6.92 Å². The molecule has 3 aromatic rings. The summed E-state index contributed by atoms with van der Waals surface area (Å²) >= 11 is 6.33. The zero-order valence-corrected chi connectivity index (χ0v) is 15.2. The Balaban J connectivity index is 2.03. The molecular weight excluding hydrogens is 334 g/mol. The number of anilines is 3. The number of para-hydroxylation sites is 1. The average Bonchev–Trinajstić information content (AvgIpc) is 2.58. The molecule has 128 valence electrons. The Hall–Kier alpha value is -2.66. The number of benzene rings is 1. The summed E-state index contributed by atoms with van der Waals surface area (Å²) in [6, 6.07) is 11.8. The normalized spacial score (nSPS) is 10.8. The standard InChI is InChI=1S/C19H20ClN5/c1-12(2)22-19-23-16(14-7-9-21-10-8-14)11-17(25-19)24-18-13(3)5-4-6-15(18)20/h4-12H,1-3H3,(H2,22,23,24,25). The van der Waals surface area contributed by atoms with Gasteiger partial charge in [0.1, 0.15) is 5.82 Å². The van der Waals surface area contributed by atoms with Gasteiger partial charge >= 0.3 is 0 Å². The molecule has 0 radical (unpaired) electrons. The van der Waals surface area contributed by atoms with Crippen LogP contribution in [0.1, 0.15) is 19.4 Å². The van der Waals surface area contributed by atoms with Gasteiger partial charge in [-0.25, -0.2) is 4.98 Å². The summed E-state index contributed by atoms with van der Waals surface area (Å²) in [4.78, 5) is 13.2. The van der Waals surface area contributed by atoms with Crippen LogP contribution < -0.4 is 10.6 Å². The second-order valence-corrected chi connectivity index (χ2v) is 6.46. The Kier molecular flexibility index (Phi) is 5.14. The molecule has 1 aromatic carbocycles.